The molecule has 0 radical (unpaired) electrons. The summed E-state index contributed by atoms with van der Waals surface area (Å²) < 4.78 is 32.0. The number of β-amino-alcohol motifs (C(OH)–C–C–N with tert-alkyl or cyclic N) is 1. The molecule has 1 saturated heterocycles. The standard InChI is InChI=1S/C16H17F2NO3S/c1-9-15(23-5-4-22-9)16(21)19-8-11(20)7-14(19)10-2-3-12(17)13(18)6-10/h2-3,6,11,14,20H,4-5,7-8H2,1H3. The van der Waals surface area contributed by atoms with E-state index in [0.29, 0.717) is 35.0 Å². The average Bonchev–Trinajstić information content (AvgIpc) is 2.92. The van der Waals surface area contributed by atoms with Crippen molar-refractivity contribution in [3.8, 4) is 0 Å². The molecule has 2 atom stereocenters. The van der Waals surface area contributed by atoms with E-state index in [4.69, 9.17) is 4.74 Å². The second-order valence-electron chi connectivity index (χ2n) is 5.62. The third-order valence-electron chi connectivity index (χ3n) is 4.03. The number of hydrogen-bond donors (Lipinski definition) is 1. The summed E-state index contributed by atoms with van der Waals surface area (Å²) in [4.78, 5) is 14.8. The molecular formula is C16H17F2NO3S. The van der Waals surface area contributed by atoms with Gasteiger partial charge < -0.3 is 14.7 Å². The molecule has 0 bridgehead atoms. The van der Waals surface area contributed by atoms with Gasteiger partial charge in [-0.25, -0.2) is 8.78 Å². The number of aliphatic hydroxyl groups excluding tert-OH is 1. The maximum atomic E-state index is 13.5. The first-order valence-electron chi connectivity index (χ1n) is 7.38. The van der Waals surface area contributed by atoms with E-state index in [-0.39, 0.29) is 12.5 Å². The van der Waals surface area contributed by atoms with Crippen molar-refractivity contribution in [1.29, 1.82) is 0 Å². The van der Waals surface area contributed by atoms with Gasteiger partial charge in [0.1, 0.15) is 10.7 Å². The molecule has 2 aliphatic heterocycles. The third kappa shape index (κ3) is 3.21. The van der Waals surface area contributed by atoms with Crippen LogP contribution in [0.4, 0.5) is 8.78 Å². The van der Waals surface area contributed by atoms with Crippen LogP contribution in [0.3, 0.4) is 0 Å². The Morgan fingerprint density at radius 3 is 2.87 bits per heavy atom. The molecule has 0 aliphatic carbocycles. The summed E-state index contributed by atoms with van der Waals surface area (Å²) in [5.74, 6) is -0.873. The molecule has 4 nitrogen and oxygen atoms in total. The highest BCUT2D eigenvalue weighted by atomic mass is 32.2. The quantitative estimate of drug-likeness (QED) is 0.898. The monoisotopic (exact) mass is 341 g/mol. The second kappa shape index (κ2) is 6.49. The third-order valence-corrected chi connectivity index (χ3v) is 5.15. The van der Waals surface area contributed by atoms with Crippen molar-refractivity contribution in [3.05, 3.63) is 46.1 Å². The van der Waals surface area contributed by atoms with E-state index in [1.165, 1.54) is 22.7 Å². The number of ether oxygens (including phenoxy) is 1. The van der Waals surface area contributed by atoms with Crippen LogP contribution in [-0.2, 0) is 9.53 Å². The summed E-state index contributed by atoms with van der Waals surface area (Å²) in [6, 6.07) is 3.11. The summed E-state index contributed by atoms with van der Waals surface area (Å²) in [5.41, 5.74) is 0.480. The Morgan fingerprint density at radius 2 is 2.17 bits per heavy atom. The van der Waals surface area contributed by atoms with Gasteiger partial charge in [0, 0.05) is 12.3 Å². The average molecular weight is 341 g/mol. The highest BCUT2D eigenvalue weighted by Gasteiger charge is 2.38. The molecule has 0 saturated carbocycles. The Bertz CT molecular complexity index is 665. The number of thioether (sulfide) groups is 1. The molecule has 1 aromatic rings. The van der Waals surface area contributed by atoms with Crippen molar-refractivity contribution in [1.82, 2.24) is 4.90 Å². The summed E-state index contributed by atoms with van der Waals surface area (Å²) >= 11 is 1.42. The summed E-state index contributed by atoms with van der Waals surface area (Å²) in [7, 11) is 0. The van der Waals surface area contributed by atoms with E-state index >= 15 is 0 Å². The van der Waals surface area contributed by atoms with Crippen LogP contribution in [0.5, 0.6) is 0 Å². The van der Waals surface area contributed by atoms with Crippen molar-refractivity contribution in [2.24, 2.45) is 0 Å². The molecule has 2 unspecified atom stereocenters. The fourth-order valence-electron chi connectivity index (χ4n) is 2.92. The Hall–Kier alpha value is -1.60. The lowest BCUT2D eigenvalue weighted by atomic mass is 10.0. The van der Waals surface area contributed by atoms with Crippen LogP contribution in [0.25, 0.3) is 0 Å². The van der Waals surface area contributed by atoms with Gasteiger partial charge in [-0.2, -0.15) is 0 Å². The van der Waals surface area contributed by atoms with Crippen LogP contribution in [-0.4, -0.2) is 40.9 Å². The fraction of sp³-hybridized carbons (Fsp3) is 0.438. The fourth-order valence-corrected chi connectivity index (χ4v) is 3.80. The van der Waals surface area contributed by atoms with Gasteiger partial charge in [-0.1, -0.05) is 6.07 Å². The van der Waals surface area contributed by atoms with E-state index in [2.05, 4.69) is 0 Å². The lowest BCUT2D eigenvalue weighted by molar-refractivity contribution is -0.127. The Balaban J connectivity index is 1.90. The number of rotatable bonds is 2. The van der Waals surface area contributed by atoms with Crippen LogP contribution >= 0.6 is 11.8 Å². The van der Waals surface area contributed by atoms with Crippen molar-refractivity contribution < 1.29 is 23.4 Å². The van der Waals surface area contributed by atoms with Gasteiger partial charge in [-0.3, -0.25) is 4.79 Å². The van der Waals surface area contributed by atoms with Crippen LogP contribution in [0.2, 0.25) is 0 Å². The maximum Gasteiger partial charge on any atom is 0.264 e. The van der Waals surface area contributed by atoms with Gasteiger partial charge in [0.15, 0.2) is 11.6 Å². The number of halogens is 2. The van der Waals surface area contributed by atoms with E-state index in [1.807, 2.05) is 0 Å². The van der Waals surface area contributed by atoms with Crippen molar-refractivity contribution in [3.63, 3.8) is 0 Å². The minimum atomic E-state index is -0.956. The van der Waals surface area contributed by atoms with Gasteiger partial charge >= 0.3 is 0 Å². The van der Waals surface area contributed by atoms with E-state index in [9.17, 15) is 18.7 Å². The molecule has 23 heavy (non-hydrogen) atoms. The van der Waals surface area contributed by atoms with Crippen LogP contribution < -0.4 is 0 Å². The molecule has 1 N–H and O–H groups in total. The largest absolute Gasteiger partial charge is 0.496 e. The lowest BCUT2D eigenvalue weighted by Crippen LogP contribution is -2.33. The number of amides is 1. The Morgan fingerprint density at radius 1 is 1.39 bits per heavy atom. The minimum absolute atomic E-state index is 0.167. The molecule has 3 rings (SSSR count). The molecule has 0 spiro atoms. The highest BCUT2D eigenvalue weighted by molar-refractivity contribution is 8.04. The summed E-state index contributed by atoms with van der Waals surface area (Å²) in [5, 5.41) is 9.95. The number of aliphatic hydroxyl groups is 1. The van der Waals surface area contributed by atoms with Gasteiger partial charge in [0.2, 0.25) is 0 Å². The number of carbonyl (C=O) groups excluding carboxylic acids is 1. The first-order chi connectivity index (χ1) is 11.0. The number of hydrogen-bond acceptors (Lipinski definition) is 4. The zero-order valence-corrected chi connectivity index (χ0v) is 13.4. The molecule has 1 fully saturated rings. The van der Waals surface area contributed by atoms with Crippen LogP contribution in [0.1, 0.15) is 24.9 Å². The number of nitrogens with zero attached hydrogens (tertiary/aromatic N) is 1. The summed E-state index contributed by atoms with van der Waals surface area (Å²) in [6.07, 6.45) is -0.387. The smallest absolute Gasteiger partial charge is 0.264 e. The topological polar surface area (TPSA) is 49.8 Å². The molecule has 1 aromatic carbocycles. The van der Waals surface area contributed by atoms with Gasteiger partial charge in [0.05, 0.1) is 18.8 Å². The van der Waals surface area contributed by atoms with Crippen LogP contribution in [0, 0.1) is 11.6 Å². The molecule has 2 aliphatic rings. The molecule has 2 heterocycles. The maximum absolute atomic E-state index is 13.5. The molecular weight excluding hydrogens is 324 g/mol. The normalized spacial score (nSPS) is 24.8. The van der Waals surface area contributed by atoms with Gasteiger partial charge in [0.25, 0.3) is 5.91 Å². The van der Waals surface area contributed by atoms with E-state index in [1.54, 1.807) is 6.92 Å². The number of carbonyl (C=O) groups is 1. The van der Waals surface area contributed by atoms with Crippen LogP contribution in [0.15, 0.2) is 28.9 Å². The summed E-state index contributed by atoms with van der Waals surface area (Å²) in [6.45, 7) is 2.46. The number of allylic oxidation sites excluding steroid dienone is 1. The predicted octanol–water partition coefficient (Wildman–Crippen LogP) is 2.59. The van der Waals surface area contributed by atoms with E-state index < -0.39 is 23.8 Å². The lowest BCUT2D eigenvalue weighted by Gasteiger charge is -2.27. The van der Waals surface area contributed by atoms with Crippen molar-refractivity contribution in [2.45, 2.75) is 25.5 Å². The molecule has 7 heteroatoms. The van der Waals surface area contributed by atoms with Crippen molar-refractivity contribution >= 4 is 17.7 Å². The number of benzene rings is 1. The first kappa shape index (κ1) is 16.3. The highest BCUT2D eigenvalue weighted by Crippen LogP contribution is 2.37. The predicted molar refractivity (Wildman–Crippen MR) is 82.5 cm³/mol. The van der Waals surface area contributed by atoms with E-state index in [0.717, 1.165) is 12.1 Å². The van der Waals surface area contributed by atoms with Gasteiger partial charge in [-0.05, 0) is 31.0 Å². The zero-order chi connectivity index (χ0) is 16.6. The molecule has 124 valence electrons. The molecule has 0 aromatic heterocycles. The number of likely N-dealkylation sites (tertiary alicyclic amines) is 1. The second-order valence-corrected chi connectivity index (χ2v) is 6.72. The zero-order valence-electron chi connectivity index (χ0n) is 12.6. The SMILES string of the molecule is CC1=C(C(=O)N2CC(O)CC2c2ccc(F)c(F)c2)SCCO1. The minimum Gasteiger partial charge on any atom is -0.496 e. The van der Waals surface area contributed by atoms with Gasteiger partial charge in [-0.15, -0.1) is 11.8 Å². The Kier molecular flexibility index (Phi) is 4.59. The Labute approximate surface area is 137 Å². The van der Waals surface area contributed by atoms with Crippen molar-refractivity contribution in [2.75, 3.05) is 18.9 Å². The molecule has 1 amide bonds. The first-order valence-corrected chi connectivity index (χ1v) is 8.36.